The minimum atomic E-state index is -0.123. The van der Waals surface area contributed by atoms with Gasteiger partial charge in [-0.05, 0) is 110 Å². The Morgan fingerprint density at radius 1 is 1.12 bits per heavy atom. The highest BCUT2D eigenvalue weighted by Gasteiger charge is 2.59. The first-order valence-electron chi connectivity index (χ1n) is 13.5. The Hall–Kier alpha value is -1.65. The highest BCUT2D eigenvalue weighted by molar-refractivity contribution is 7.13. The summed E-state index contributed by atoms with van der Waals surface area (Å²) < 4.78 is 5.95. The largest absolute Gasteiger partial charge is 0.478 e. The van der Waals surface area contributed by atoms with E-state index < -0.39 is 0 Å². The number of fused-ring (bicyclic) bond motifs is 5. The zero-order valence-electron chi connectivity index (χ0n) is 20.9. The summed E-state index contributed by atoms with van der Waals surface area (Å²) in [6.07, 6.45) is 11.9. The average Bonchev–Trinajstić information content (AvgIpc) is 3.47. The van der Waals surface area contributed by atoms with Crippen LogP contribution in [0.1, 0.15) is 83.7 Å². The molecule has 34 heavy (non-hydrogen) atoms. The van der Waals surface area contributed by atoms with E-state index >= 15 is 0 Å². The summed E-state index contributed by atoms with van der Waals surface area (Å²) in [5.74, 6) is 3.60. The number of nitrogens with zero attached hydrogens (tertiary/aromatic N) is 1. The summed E-state index contributed by atoms with van der Waals surface area (Å²) in [7, 11) is 0. The van der Waals surface area contributed by atoms with Crippen molar-refractivity contribution in [3.8, 4) is 16.3 Å². The van der Waals surface area contributed by atoms with Crippen LogP contribution in [0.5, 0.6) is 5.88 Å². The minimum absolute atomic E-state index is 0.123. The van der Waals surface area contributed by atoms with Gasteiger partial charge in [0.05, 0.1) is 12.7 Å². The van der Waals surface area contributed by atoms with E-state index in [0.29, 0.717) is 23.4 Å². The molecule has 4 aliphatic rings. The second kappa shape index (κ2) is 8.48. The molecule has 0 aromatic carbocycles. The molecule has 0 unspecified atom stereocenters. The molecule has 0 spiro atoms. The van der Waals surface area contributed by atoms with E-state index in [4.69, 9.17) is 9.72 Å². The molecule has 3 nitrogen and oxygen atoms in total. The molecule has 2 aromatic heterocycles. The minimum Gasteiger partial charge on any atom is -0.478 e. The molecule has 0 aliphatic heterocycles. The second-order valence-corrected chi connectivity index (χ2v) is 12.8. The van der Waals surface area contributed by atoms with Gasteiger partial charge >= 0.3 is 0 Å². The average molecular weight is 478 g/mol. The summed E-state index contributed by atoms with van der Waals surface area (Å²) in [6, 6.07) is 8.82. The number of pyridine rings is 1. The molecule has 3 fully saturated rings. The summed E-state index contributed by atoms with van der Waals surface area (Å²) in [5.41, 5.74) is 4.68. The molecule has 0 amide bonds. The lowest BCUT2D eigenvalue weighted by atomic mass is 9.47. The molecular formula is C30H39NO2S. The van der Waals surface area contributed by atoms with Gasteiger partial charge in [-0.25, -0.2) is 4.98 Å². The van der Waals surface area contributed by atoms with E-state index in [-0.39, 0.29) is 6.10 Å². The van der Waals surface area contributed by atoms with Crippen LogP contribution >= 0.6 is 11.3 Å². The molecule has 0 saturated heterocycles. The van der Waals surface area contributed by atoms with Crippen LogP contribution < -0.4 is 4.74 Å². The van der Waals surface area contributed by atoms with Gasteiger partial charge in [0.2, 0.25) is 5.88 Å². The Kier molecular flexibility index (Phi) is 5.69. The number of hydrogen-bond donors (Lipinski definition) is 1. The summed E-state index contributed by atoms with van der Waals surface area (Å²) >= 11 is 1.79. The van der Waals surface area contributed by atoms with Crippen molar-refractivity contribution < 1.29 is 9.84 Å². The lowest BCUT2D eigenvalue weighted by Crippen LogP contribution is -2.50. The maximum absolute atomic E-state index is 10.3. The number of allylic oxidation sites excluding steroid dienone is 1. The zero-order valence-corrected chi connectivity index (χ0v) is 21.7. The molecule has 4 heteroatoms. The van der Waals surface area contributed by atoms with E-state index in [1.165, 1.54) is 48.2 Å². The number of thiophene rings is 1. The third-order valence-corrected chi connectivity index (χ3v) is 11.3. The van der Waals surface area contributed by atoms with Gasteiger partial charge < -0.3 is 9.84 Å². The fourth-order valence-corrected chi connectivity index (χ4v) is 9.35. The van der Waals surface area contributed by atoms with Gasteiger partial charge in [-0.15, -0.1) is 11.3 Å². The number of rotatable bonds is 4. The van der Waals surface area contributed by atoms with Crippen molar-refractivity contribution in [1.82, 2.24) is 4.98 Å². The lowest BCUT2D eigenvalue weighted by Gasteiger charge is -2.58. The third-order valence-electron chi connectivity index (χ3n) is 10.4. The van der Waals surface area contributed by atoms with E-state index in [1.54, 1.807) is 16.9 Å². The van der Waals surface area contributed by atoms with Crippen LogP contribution in [0.15, 0.2) is 41.3 Å². The lowest BCUT2D eigenvalue weighted by molar-refractivity contribution is -0.0412. The quantitative estimate of drug-likeness (QED) is 0.461. The van der Waals surface area contributed by atoms with Crippen molar-refractivity contribution in [2.24, 2.45) is 28.6 Å². The monoisotopic (exact) mass is 477 g/mol. The first-order chi connectivity index (χ1) is 16.4. The molecule has 3 saturated carbocycles. The second-order valence-electron chi connectivity index (χ2n) is 11.9. The number of hydrogen-bond acceptors (Lipinski definition) is 4. The predicted octanol–water partition coefficient (Wildman–Crippen LogP) is 7.62. The highest BCUT2D eigenvalue weighted by Crippen LogP contribution is 2.68. The van der Waals surface area contributed by atoms with Crippen LogP contribution in [0.25, 0.3) is 10.4 Å². The van der Waals surface area contributed by atoms with Crippen LogP contribution in [0, 0.1) is 28.6 Å². The smallest absolute Gasteiger partial charge is 0.214 e. The molecule has 0 radical (unpaired) electrons. The number of aromatic nitrogens is 1. The maximum Gasteiger partial charge on any atom is 0.214 e. The summed E-state index contributed by atoms with van der Waals surface area (Å²) in [6.45, 7) is 7.80. The Labute approximate surface area is 208 Å². The van der Waals surface area contributed by atoms with Gasteiger partial charge in [0.25, 0.3) is 0 Å². The van der Waals surface area contributed by atoms with Gasteiger partial charge in [-0.1, -0.05) is 31.6 Å². The van der Waals surface area contributed by atoms with Crippen molar-refractivity contribution in [2.75, 3.05) is 6.61 Å². The van der Waals surface area contributed by atoms with Crippen molar-refractivity contribution in [2.45, 2.75) is 84.2 Å². The van der Waals surface area contributed by atoms with Crippen molar-refractivity contribution in [3.63, 3.8) is 0 Å². The van der Waals surface area contributed by atoms with E-state index in [1.807, 2.05) is 6.92 Å². The molecule has 4 aliphatic carbocycles. The molecular weight excluding hydrogens is 438 g/mol. The van der Waals surface area contributed by atoms with E-state index in [2.05, 4.69) is 49.6 Å². The molecule has 2 heterocycles. The number of ether oxygens (including phenoxy) is 1. The SMILES string of the molecule is CCOc1cc(-c2cccs2)cc([C@H]2CC[C@H]3[C@@H]4CC=C5C[C@@H](O)CC[C@]5(C)[C@H]4CC[C@]23C)n1. The van der Waals surface area contributed by atoms with E-state index in [0.717, 1.165) is 42.9 Å². The van der Waals surface area contributed by atoms with Crippen molar-refractivity contribution in [3.05, 3.63) is 47.0 Å². The molecule has 1 N–H and O–H groups in total. The fourth-order valence-electron chi connectivity index (χ4n) is 8.64. The van der Waals surface area contributed by atoms with Crippen molar-refractivity contribution >= 4 is 11.3 Å². The predicted molar refractivity (Wildman–Crippen MR) is 139 cm³/mol. The van der Waals surface area contributed by atoms with E-state index in [9.17, 15) is 5.11 Å². The summed E-state index contributed by atoms with van der Waals surface area (Å²) in [5, 5.41) is 12.5. The highest BCUT2D eigenvalue weighted by atomic mass is 32.1. The topological polar surface area (TPSA) is 42.4 Å². The molecule has 6 rings (SSSR count). The van der Waals surface area contributed by atoms with Crippen LogP contribution in [0.2, 0.25) is 0 Å². The Morgan fingerprint density at radius 2 is 2.00 bits per heavy atom. The Bertz CT molecular complexity index is 1080. The Balaban J connectivity index is 1.33. The van der Waals surface area contributed by atoms with Gasteiger partial charge in [0.1, 0.15) is 0 Å². The molecule has 0 bridgehead atoms. The first-order valence-corrected chi connectivity index (χ1v) is 14.4. The first kappa shape index (κ1) is 22.8. The number of aliphatic hydroxyl groups excluding tert-OH is 1. The maximum atomic E-state index is 10.3. The van der Waals surface area contributed by atoms with Gasteiger partial charge in [0.15, 0.2) is 0 Å². The summed E-state index contributed by atoms with van der Waals surface area (Å²) in [4.78, 5) is 6.38. The van der Waals surface area contributed by atoms with Crippen molar-refractivity contribution in [1.29, 1.82) is 0 Å². The van der Waals surface area contributed by atoms with Crippen LogP contribution in [0.4, 0.5) is 0 Å². The zero-order chi connectivity index (χ0) is 23.5. The van der Waals surface area contributed by atoms with Crippen LogP contribution in [-0.4, -0.2) is 22.8 Å². The van der Waals surface area contributed by atoms with Gasteiger partial charge in [-0.2, -0.15) is 0 Å². The molecule has 7 atom stereocenters. The standard InChI is InChI=1S/C30H39NO2S/c1-4-33-28-17-19(27-6-5-15-34-27)16-26(31-28)25-10-9-23-22-8-7-20-18-21(32)11-13-29(20,2)24(22)12-14-30(23,25)3/h5-7,15-17,21-25,32H,4,8-14,18H2,1-3H3/t21-,22-,23-,24-,25+,29-,30-/m0/s1. The number of aliphatic hydroxyl groups is 1. The fraction of sp³-hybridized carbons (Fsp3) is 0.633. The molecule has 182 valence electrons. The van der Waals surface area contributed by atoms with Gasteiger partial charge in [-0.3, -0.25) is 0 Å². The van der Waals surface area contributed by atoms with Gasteiger partial charge in [0, 0.05) is 22.6 Å². The van der Waals surface area contributed by atoms with Crippen LogP contribution in [-0.2, 0) is 0 Å². The Morgan fingerprint density at radius 3 is 2.79 bits per heavy atom. The normalized spacial score (nSPS) is 39.1. The third kappa shape index (κ3) is 3.51. The molecule has 2 aromatic rings. The van der Waals surface area contributed by atoms with Crippen LogP contribution in [0.3, 0.4) is 0 Å².